The Morgan fingerprint density at radius 1 is 1.03 bits per heavy atom. The first-order valence-corrected chi connectivity index (χ1v) is 12.0. The third kappa shape index (κ3) is 4.70. The summed E-state index contributed by atoms with van der Waals surface area (Å²) in [5.74, 6) is -0.160. The molecular formula is C27H29N7O2. The summed E-state index contributed by atoms with van der Waals surface area (Å²) >= 11 is 0. The molecule has 9 heteroatoms. The van der Waals surface area contributed by atoms with Gasteiger partial charge in [-0.15, -0.1) is 0 Å². The van der Waals surface area contributed by atoms with Gasteiger partial charge in [0.25, 0.3) is 11.8 Å². The largest absolute Gasteiger partial charge is 0.333 e. The van der Waals surface area contributed by atoms with Crippen LogP contribution in [0.3, 0.4) is 0 Å². The van der Waals surface area contributed by atoms with Crippen LogP contribution in [0, 0.1) is 13.8 Å². The topological polar surface area (TPSA) is 95.7 Å². The monoisotopic (exact) mass is 483 g/mol. The molecule has 184 valence electrons. The van der Waals surface area contributed by atoms with Gasteiger partial charge in [0.05, 0.1) is 17.4 Å². The summed E-state index contributed by atoms with van der Waals surface area (Å²) in [4.78, 5) is 38.8. The lowest BCUT2D eigenvalue weighted by Crippen LogP contribution is -2.53. The fraction of sp³-hybridized carbons (Fsp3) is 0.296. The van der Waals surface area contributed by atoms with Crippen molar-refractivity contribution in [3.8, 4) is 0 Å². The van der Waals surface area contributed by atoms with Gasteiger partial charge in [0.2, 0.25) is 0 Å². The van der Waals surface area contributed by atoms with Gasteiger partial charge in [-0.1, -0.05) is 18.2 Å². The van der Waals surface area contributed by atoms with E-state index in [2.05, 4.69) is 32.2 Å². The van der Waals surface area contributed by atoms with E-state index in [0.29, 0.717) is 29.9 Å². The molecule has 1 aliphatic heterocycles. The SMILES string of the molecule is Cc1ccc(C(=O)Nc2cn3ncnc3c(CN3CCN(C(=O)c4ccccc4)[C@@H](C)C3)c2C)cn1. The van der Waals surface area contributed by atoms with Crippen LogP contribution in [0.5, 0.6) is 0 Å². The summed E-state index contributed by atoms with van der Waals surface area (Å²) in [6, 6.07) is 13.1. The number of anilines is 1. The Bertz CT molecular complexity index is 1400. The molecular weight excluding hydrogens is 454 g/mol. The van der Waals surface area contributed by atoms with Gasteiger partial charge >= 0.3 is 0 Å². The van der Waals surface area contributed by atoms with Crippen molar-refractivity contribution < 1.29 is 9.59 Å². The number of hydrogen-bond donors (Lipinski definition) is 1. The molecule has 1 N–H and O–H groups in total. The predicted molar refractivity (Wildman–Crippen MR) is 137 cm³/mol. The molecule has 5 rings (SSSR count). The van der Waals surface area contributed by atoms with Gasteiger partial charge in [-0.05, 0) is 50.6 Å². The molecule has 0 saturated carbocycles. The van der Waals surface area contributed by atoms with E-state index in [1.165, 1.54) is 6.33 Å². The minimum atomic E-state index is -0.224. The summed E-state index contributed by atoms with van der Waals surface area (Å²) < 4.78 is 1.70. The minimum Gasteiger partial charge on any atom is -0.333 e. The summed E-state index contributed by atoms with van der Waals surface area (Å²) in [5, 5.41) is 7.34. The van der Waals surface area contributed by atoms with Crippen molar-refractivity contribution in [1.29, 1.82) is 0 Å². The first-order chi connectivity index (χ1) is 17.4. The number of rotatable bonds is 5. The normalized spacial score (nSPS) is 16.3. The molecule has 0 radical (unpaired) electrons. The van der Waals surface area contributed by atoms with Gasteiger partial charge in [-0.2, -0.15) is 5.10 Å². The Morgan fingerprint density at radius 3 is 2.56 bits per heavy atom. The second kappa shape index (κ2) is 9.87. The number of amides is 2. The number of aryl methyl sites for hydroxylation is 1. The van der Waals surface area contributed by atoms with Crippen LogP contribution in [0.15, 0.2) is 61.2 Å². The van der Waals surface area contributed by atoms with Crippen LogP contribution in [-0.2, 0) is 6.54 Å². The van der Waals surface area contributed by atoms with Gasteiger partial charge in [0, 0.05) is 55.2 Å². The fourth-order valence-corrected chi connectivity index (χ4v) is 4.67. The summed E-state index contributed by atoms with van der Waals surface area (Å²) in [6.45, 7) is 8.73. The quantitative estimate of drug-likeness (QED) is 0.468. The lowest BCUT2D eigenvalue weighted by atomic mass is 10.1. The van der Waals surface area contributed by atoms with Gasteiger partial charge in [-0.25, -0.2) is 9.50 Å². The molecule has 4 heterocycles. The molecule has 1 aromatic carbocycles. The Labute approximate surface area is 209 Å². The second-order valence-electron chi connectivity index (χ2n) is 9.27. The molecule has 1 atom stereocenters. The predicted octanol–water partition coefficient (Wildman–Crippen LogP) is 3.34. The fourth-order valence-electron chi connectivity index (χ4n) is 4.67. The third-order valence-corrected chi connectivity index (χ3v) is 6.75. The van der Waals surface area contributed by atoms with Crippen LogP contribution in [0.25, 0.3) is 5.65 Å². The molecule has 2 amide bonds. The highest BCUT2D eigenvalue weighted by Gasteiger charge is 2.29. The van der Waals surface area contributed by atoms with Crippen LogP contribution >= 0.6 is 0 Å². The molecule has 9 nitrogen and oxygen atoms in total. The number of pyridine rings is 2. The molecule has 0 unspecified atom stereocenters. The van der Waals surface area contributed by atoms with Crippen molar-refractivity contribution in [3.05, 3.63) is 89.1 Å². The summed E-state index contributed by atoms with van der Waals surface area (Å²) in [5.41, 5.74) is 5.45. The van der Waals surface area contributed by atoms with E-state index in [9.17, 15) is 9.59 Å². The highest BCUT2D eigenvalue weighted by atomic mass is 16.2. The Kier molecular flexibility index (Phi) is 6.47. The van der Waals surface area contributed by atoms with Crippen molar-refractivity contribution in [2.75, 3.05) is 25.0 Å². The smallest absolute Gasteiger partial charge is 0.257 e. The average molecular weight is 484 g/mol. The van der Waals surface area contributed by atoms with Crippen LogP contribution in [0.2, 0.25) is 0 Å². The van der Waals surface area contributed by atoms with Crippen LogP contribution < -0.4 is 5.32 Å². The number of nitrogens with one attached hydrogen (secondary N) is 1. The number of nitrogens with zero attached hydrogens (tertiary/aromatic N) is 6. The first kappa shape index (κ1) is 23.6. The maximum atomic E-state index is 13.0. The Morgan fingerprint density at radius 2 is 1.83 bits per heavy atom. The van der Waals surface area contributed by atoms with E-state index in [1.54, 1.807) is 23.0 Å². The van der Waals surface area contributed by atoms with E-state index in [4.69, 9.17) is 0 Å². The van der Waals surface area contributed by atoms with Gasteiger partial charge in [0.1, 0.15) is 6.33 Å². The first-order valence-electron chi connectivity index (χ1n) is 12.0. The number of carbonyl (C=O) groups excluding carboxylic acids is 2. The molecule has 1 aliphatic rings. The molecule has 4 aromatic rings. The number of aromatic nitrogens is 4. The van der Waals surface area contributed by atoms with Gasteiger partial charge in [-0.3, -0.25) is 19.5 Å². The molecule has 0 spiro atoms. The highest BCUT2D eigenvalue weighted by Crippen LogP contribution is 2.26. The second-order valence-corrected chi connectivity index (χ2v) is 9.27. The Balaban J connectivity index is 1.34. The average Bonchev–Trinajstić information content (AvgIpc) is 3.35. The zero-order valence-corrected chi connectivity index (χ0v) is 20.7. The molecule has 0 aliphatic carbocycles. The van der Waals surface area contributed by atoms with Gasteiger partial charge in [0.15, 0.2) is 5.65 Å². The lowest BCUT2D eigenvalue weighted by Gasteiger charge is -2.40. The highest BCUT2D eigenvalue weighted by molar-refractivity contribution is 6.04. The zero-order chi connectivity index (χ0) is 25.2. The number of piperazine rings is 1. The zero-order valence-electron chi connectivity index (χ0n) is 20.7. The van der Waals surface area contributed by atoms with E-state index < -0.39 is 0 Å². The molecule has 0 bridgehead atoms. The minimum absolute atomic E-state index is 0.0640. The number of fused-ring (bicyclic) bond motifs is 1. The van der Waals surface area contributed by atoms with Crippen LogP contribution in [0.1, 0.15) is 44.5 Å². The van der Waals surface area contributed by atoms with E-state index in [0.717, 1.165) is 35.6 Å². The number of hydrogen-bond acceptors (Lipinski definition) is 6. The van der Waals surface area contributed by atoms with E-state index >= 15 is 0 Å². The maximum absolute atomic E-state index is 13.0. The molecule has 36 heavy (non-hydrogen) atoms. The van der Waals surface area contributed by atoms with E-state index in [1.807, 2.05) is 55.1 Å². The lowest BCUT2D eigenvalue weighted by molar-refractivity contribution is 0.0475. The molecule has 1 saturated heterocycles. The summed E-state index contributed by atoms with van der Waals surface area (Å²) in [6.07, 6.45) is 4.89. The van der Waals surface area contributed by atoms with E-state index in [-0.39, 0.29) is 17.9 Å². The van der Waals surface area contributed by atoms with Crippen molar-refractivity contribution >= 4 is 23.1 Å². The number of benzene rings is 1. The van der Waals surface area contributed by atoms with Gasteiger partial charge < -0.3 is 10.2 Å². The van der Waals surface area contributed by atoms with Crippen LogP contribution in [0.4, 0.5) is 5.69 Å². The molecule has 1 fully saturated rings. The van der Waals surface area contributed by atoms with Crippen molar-refractivity contribution in [2.24, 2.45) is 0 Å². The van der Waals surface area contributed by atoms with Crippen molar-refractivity contribution in [3.63, 3.8) is 0 Å². The van der Waals surface area contributed by atoms with Crippen LogP contribution in [-0.4, -0.2) is 66.9 Å². The number of carbonyl (C=O) groups is 2. The van der Waals surface area contributed by atoms with Crippen molar-refractivity contribution in [1.82, 2.24) is 29.4 Å². The van der Waals surface area contributed by atoms with Crippen molar-refractivity contribution in [2.45, 2.75) is 33.4 Å². The Hall–Kier alpha value is -4.11. The summed E-state index contributed by atoms with van der Waals surface area (Å²) in [7, 11) is 0. The third-order valence-electron chi connectivity index (χ3n) is 6.75. The standard InChI is InChI=1S/C27H29N7O2/c1-18-9-10-22(13-28-18)26(35)31-24-16-34-25(29-17-30-34)23(20(24)3)15-32-11-12-33(19(2)14-32)27(36)21-7-5-4-6-8-21/h4-10,13,16-17,19H,11-12,14-15H2,1-3H3,(H,31,35)/t19-/m0/s1. The maximum Gasteiger partial charge on any atom is 0.257 e. The molecule has 3 aromatic heterocycles.